The number of esters is 1. The van der Waals surface area contributed by atoms with Crippen LogP contribution in [0.4, 0.5) is 0 Å². The molecule has 166 valence electrons. The first-order valence-corrected chi connectivity index (χ1v) is 10.5. The van der Waals surface area contributed by atoms with E-state index in [1.54, 1.807) is 48.5 Å². The Hall–Kier alpha value is -4.06. The van der Waals surface area contributed by atoms with Crippen LogP contribution in [-0.2, 0) is 4.79 Å². The molecule has 0 radical (unpaired) electrons. The first-order valence-electron chi connectivity index (χ1n) is 10.5. The van der Waals surface area contributed by atoms with E-state index in [9.17, 15) is 14.4 Å². The zero-order valence-electron chi connectivity index (χ0n) is 18.8. The minimum atomic E-state index is -1.58. The standard InChI is InChI=1S/C27H23NO5/c1-15-9-11-19(12-10-15)24(29)22(23-27(31)32-21-8-6-5-7-20(21)28-23)26(30)33-25-17(3)13-16(2)14-18(25)4/h5-14,22H,1-4H3. The predicted molar refractivity (Wildman–Crippen MR) is 125 cm³/mol. The van der Waals surface area contributed by atoms with Gasteiger partial charge in [0.2, 0.25) is 0 Å². The van der Waals surface area contributed by atoms with Gasteiger partial charge in [-0.25, -0.2) is 9.78 Å². The molecule has 1 heterocycles. The molecule has 1 unspecified atom stereocenters. The Morgan fingerprint density at radius 3 is 2.18 bits per heavy atom. The zero-order valence-corrected chi connectivity index (χ0v) is 18.8. The lowest BCUT2D eigenvalue weighted by Gasteiger charge is -2.17. The third kappa shape index (κ3) is 4.46. The molecule has 33 heavy (non-hydrogen) atoms. The maximum atomic E-state index is 13.5. The molecule has 0 saturated heterocycles. The second kappa shape index (κ2) is 8.82. The van der Waals surface area contributed by atoms with Gasteiger partial charge in [-0.15, -0.1) is 0 Å². The molecule has 1 atom stereocenters. The van der Waals surface area contributed by atoms with Crippen LogP contribution in [0.2, 0.25) is 0 Å². The Morgan fingerprint density at radius 1 is 0.879 bits per heavy atom. The fraction of sp³-hybridized carbons (Fsp3) is 0.185. The lowest BCUT2D eigenvalue weighted by Crippen LogP contribution is -2.32. The molecule has 1 aromatic heterocycles. The number of carbonyl (C=O) groups excluding carboxylic acids is 2. The Kier molecular flexibility index (Phi) is 5.92. The number of hydrogen-bond acceptors (Lipinski definition) is 6. The number of hydrogen-bond donors (Lipinski definition) is 0. The van der Waals surface area contributed by atoms with E-state index in [0.717, 1.165) is 22.3 Å². The van der Waals surface area contributed by atoms with E-state index < -0.39 is 23.3 Å². The summed E-state index contributed by atoms with van der Waals surface area (Å²) >= 11 is 0. The summed E-state index contributed by atoms with van der Waals surface area (Å²) in [7, 11) is 0. The highest BCUT2D eigenvalue weighted by molar-refractivity contribution is 6.13. The minimum Gasteiger partial charge on any atom is -0.425 e. The summed E-state index contributed by atoms with van der Waals surface area (Å²) in [6.45, 7) is 7.48. The van der Waals surface area contributed by atoms with Gasteiger partial charge < -0.3 is 9.15 Å². The lowest BCUT2D eigenvalue weighted by atomic mass is 9.94. The number of Topliss-reactive ketones (excluding diaryl/α,β-unsaturated/α-hetero) is 1. The van der Waals surface area contributed by atoms with Crippen molar-refractivity contribution in [1.82, 2.24) is 4.98 Å². The second-order valence-electron chi connectivity index (χ2n) is 8.17. The van der Waals surface area contributed by atoms with E-state index in [1.165, 1.54) is 0 Å². The predicted octanol–water partition coefficient (Wildman–Crippen LogP) is 4.99. The SMILES string of the molecule is Cc1ccc(C(=O)C(C(=O)Oc2c(C)cc(C)cc2C)c2nc3ccccc3oc2=O)cc1. The molecule has 6 heteroatoms. The summed E-state index contributed by atoms with van der Waals surface area (Å²) in [5.74, 6) is -2.69. The molecule has 4 aromatic rings. The summed E-state index contributed by atoms with van der Waals surface area (Å²) < 4.78 is 11.1. The lowest BCUT2D eigenvalue weighted by molar-refractivity contribution is -0.135. The summed E-state index contributed by atoms with van der Waals surface area (Å²) in [6.07, 6.45) is 0. The number of fused-ring (bicyclic) bond motifs is 1. The van der Waals surface area contributed by atoms with Crippen molar-refractivity contribution < 1.29 is 18.7 Å². The Bertz CT molecular complexity index is 1410. The topological polar surface area (TPSA) is 86.5 Å². The minimum absolute atomic E-state index is 0.270. The van der Waals surface area contributed by atoms with Crippen LogP contribution < -0.4 is 10.4 Å². The fourth-order valence-electron chi connectivity index (χ4n) is 3.86. The number of nitrogens with zero attached hydrogens (tertiary/aromatic N) is 1. The van der Waals surface area contributed by atoms with Gasteiger partial charge in [-0.3, -0.25) is 9.59 Å². The number of carbonyl (C=O) groups is 2. The number of para-hydroxylation sites is 2. The van der Waals surface area contributed by atoms with Gasteiger partial charge >= 0.3 is 11.6 Å². The second-order valence-corrected chi connectivity index (χ2v) is 8.17. The van der Waals surface area contributed by atoms with Crippen molar-refractivity contribution in [3.63, 3.8) is 0 Å². The molecule has 6 nitrogen and oxygen atoms in total. The van der Waals surface area contributed by atoms with Gasteiger partial charge in [0.15, 0.2) is 17.3 Å². The van der Waals surface area contributed by atoms with Crippen molar-refractivity contribution in [2.45, 2.75) is 33.6 Å². The average Bonchev–Trinajstić information content (AvgIpc) is 2.77. The summed E-state index contributed by atoms with van der Waals surface area (Å²) in [6, 6.07) is 17.2. The van der Waals surface area contributed by atoms with Crippen molar-refractivity contribution in [3.8, 4) is 5.75 Å². The van der Waals surface area contributed by atoms with Gasteiger partial charge in [0, 0.05) is 5.56 Å². The van der Waals surface area contributed by atoms with E-state index in [4.69, 9.17) is 9.15 Å². The zero-order chi connectivity index (χ0) is 23.7. The van der Waals surface area contributed by atoms with Crippen LogP contribution in [0, 0.1) is 27.7 Å². The maximum absolute atomic E-state index is 13.5. The number of rotatable bonds is 5. The smallest absolute Gasteiger partial charge is 0.359 e. The summed E-state index contributed by atoms with van der Waals surface area (Å²) in [5.41, 5.74) is 3.24. The van der Waals surface area contributed by atoms with Crippen molar-refractivity contribution in [2.75, 3.05) is 0 Å². The molecule has 0 amide bonds. The summed E-state index contributed by atoms with van der Waals surface area (Å²) in [5, 5.41) is 0. The van der Waals surface area contributed by atoms with Crippen LogP contribution in [0.25, 0.3) is 11.1 Å². The highest BCUT2D eigenvalue weighted by Crippen LogP contribution is 2.28. The number of aromatic nitrogens is 1. The van der Waals surface area contributed by atoms with E-state index in [0.29, 0.717) is 11.3 Å². The van der Waals surface area contributed by atoms with Gasteiger partial charge in [0.1, 0.15) is 17.0 Å². The quantitative estimate of drug-likeness (QED) is 0.188. The average molecular weight is 441 g/mol. The molecule has 0 saturated carbocycles. The molecule has 0 spiro atoms. The molecular formula is C27H23NO5. The van der Waals surface area contributed by atoms with Crippen LogP contribution in [-0.4, -0.2) is 16.7 Å². The molecule has 0 aliphatic rings. The largest absolute Gasteiger partial charge is 0.425 e. The molecule has 4 rings (SSSR count). The van der Waals surface area contributed by atoms with Gasteiger partial charge in [-0.05, 0) is 51.0 Å². The van der Waals surface area contributed by atoms with Crippen LogP contribution in [0.3, 0.4) is 0 Å². The van der Waals surface area contributed by atoms with E-state index in [2.05, 4.69) is 4.98 Å². The van der Waals surface area contributed by atoms with Crippen LogP contribution in [0.5, 0.6) is 5.75 Å². The van der Waals surface area contributed by atoms with Crippen LogP contribution >= 0.6 is 0 Å². The van der Waals surface area contributed by atoms with Gasteiger partial charge in [-0.2, -0.15) is 0 Å². The number of ketones is 1. The van der Waals surface area contributed by atoms with Crippen LogP contribution in [0.15, 0.2) is 69.9 Å². The van der Waals surface area contributed by atoms with Crippen molar-refractivity contribution in [3.05, 3.63) is 105 Å². The molecule has 0 N–H and O–H groups in total. The van der Waals surface area contributed by atoms with Gasteiger partial charge in [0.05, 0.1) is 0 Å². The molecule has 0 bridgehead atoms. The molecule has 0 fully saturated rings. The first kappa shape index (κ1) is 22.1. The maximum Gasteiger partial charge on any atom is 0.359 e. The monoisotopic (exact) mass is 441 g/mol. The van der Waals surface area contributed by atoms with Gasteiger partial charge in [0.25, 0.3) is 0 Å². The molecule has 0 aliphatic carbocycles. The third-order valence-electron chi connectivity index (χ3n) is 5.43. The van der Waals surface area contributed by atoms with E-state index in [-0.39, 0.29) is 16.8 Å². The number of ether oxygens (including phenoxy) is 1. The Balaban J connectivity index is 1.84. The Labute approximate surface area is 190 Å². The first-order chi connectivity index (χ1) is 15.7. The molecule has 3 aromatic carbocycles. The normalized spacial score (nSPS) is 11.9. The number of benzene rings is 3. The van der Waals surface area contributed by atoms with E-state index in [1.807, 2.05) is 39.8 Å². The van der Waals surface area contributed by atoms with E-state index >= 15 is 0 Å². The highest BCUT2D eigenvalue weighted by Gasteiger charge is 2.36. The molecular weight excluding hydrogens is 418 g/mol. The van der Waals surface area contributed by atoms with Crippen molar-refractivity contribution >= 4 is 22.9 Å². The molecule has 0 aliphatic heterocycles. The fourth-order valence-corrected chi connectivity index (χ4v) is 3.86. The third-order valence-corrected chi connectivity index (χ3v) is 5.43. The Morgan fingerprint density at radius 2 is 1.52 bits per heavy atom. The van der Waals surface area contributed by atoms with Crippen LogP contribution in [0.1, 0.15) is 44.2 Å². The summed E-state index contributed by atoms with van der Waals surface area (Å²) in [4.78, 5) is 44.0. The number of aryl methyl sites for hydroxylation is 4. The highest BCUT2D eigenvalue weighted by atomic mass is 16.5. The van der Waals surface area contributed by atoms with Crippen molar-refractivity contribution in [1.29, 1.82) is 0 Å². The van der Waals surface area contributed by atoms with Crippen molar-refractivity contribution in [2.24, 2.45) is 0 Å². The van der Waals surface area contributed by atoms with Gasteiger partial charge in [-0.1, -0.05) is 59.7 Å².